The van der Waals surface area contributed by atoms with Gasteiger partial charge in [0.2, 0.25) is 0 Å². The van der Waals surface area contributed by atoms with Crippen molar-refractivity contribution in [1.29, 1.82) is 0 Å². The van der Waals surface area contributed by atoms with Crippen LogP contribution in [0.3, 0.4) is 0 Å². The Bertz CT molecular complexity index is 575. The molecule has 2 heterocycles. The average molecular weight is 277 g/mol. The molecular formula is C13H19N3O2Si. The quantitative estimate of drug-likeness (QED) is 0.462. The van der Waals surface area contributed by atoms with Crippen LogP contribution in [0.4, 0.5) is 0 Å². The summed E-state index contributed by atoms with van der Waals surface area (Å²) in [5, 5.41) is 0. The van der Waals surface area contributed by atoms with E-state index in [4.69, 9.17) is 4.74 Å². The van der Waals surface area contributed by atoms with Gasteiger partial charge in [-0.1, -0.05) is 19.6 Å². The van der Waals surface area contributed by atoms with Crippen LogP contribution in [-0.4, -0.2) is 35.5 Å². The number of nitrogens with zero attached hydrogens (tertiary/aromatic N) is 3. The smallest absolute Gasteiger partial charge is 0.178 e. The highest BCUT2D eigenvalue weighted by atomic mass is 28.3. The Morgan fingerprint density at radius 2 is 2.16 bits per heavy atom. The van der Waals surface area contributed by atoms with Crippen LogP contribution in [0.25, 0.3) is 11.2 Å². The second-order valence-electron chi connectivity index (χ2n) is 5.76. The summed E-state index contributed by atoms with van der Waals surface area (Å²) in [6.45, 7) is 8.23. The van der Waals surface area contributed by atoms with Gasteiger partial charge >= 0.3 is 0 Å². The van der Waals surface area contributed by atoms with Crippen LogP contribution in [0.15, 0.2) is 18.5 Å². The van der Waals surface area contributed by atoms with Crippen LogP contribution in [0.1, 0.15) is 10.5 Å². The van der Waals surface area contributed by atoms with E-state index in [1.807, 2.05) is 10.6 Å². The molecule has 102 valence electrons. The molecule has 0 fully saturated rings. The highest BCUT2D eigenvalue weighted by Gasteiger charge is 2.12. The molecule has 0 aromatic carbocycles. The predicted octanol–water partition coefficient (Wildman–Crippen LogP) is 2.56. The Labute approximate surface area is 113 Å². The molecule has 2 aromatic rings. The van der Waals surface area contributed by atoms with Crippen LogP contribution in [0, 0.1) is 0 Å². The van der Waals surface area contributed by atoms with Gasteiger partial charge in [0.1, 0.15) is 12.4 Å². The van der Waals surface area contributed by atoms with Crippen LogP contribution >= 0.6 is 0 Å². The number of fused-ring (bicyclic) bond motifs is 1. The molecular weight excluding hydrogens is 258 g/mol. The average Bonchev–Trinajstić information content (AvgIpc) is 2.75. The number of rotatable bonds is 6. The minimum absolute atomic E-state index is 0.400. The summed E-state index contributed by atoms with van der Waals surface area (Å²) < 4.78 is 7.58. The number of imidazole rings is 1. The van der Waals surface area contributed by atoms with Crippen LogP contribution in [0.5, 0.6) is 0 Å². The molecule has 0 radical (unpaired) electrons. The Kier molecular flexibility index (Phi) is 4.11. The highest BCUT2D eigenvalue weighted by molar-refractivity contribution is 6.76. The molecule has 5 nitrogen and oxygen atoms in total. The van der Waals surface area contributed by atoms with Gasteiger partial charge in [-0.25, -0.2) is 9.97 Å². The minimum atomic E-state index is -1.05. The number of aromatic nitrogens is 3. The first kappa shape index (κ1) is 13.9. The number of pyridine rings is 1. The zero-order valence-corrected chi connectivity index (χ0v) is 12.6. The van der Waals surface area contributed by atoms with E-state index in [9.17, 15) is 4.79 Å². The van der Waals surface area contributed by atoms with Crippen molar-refractivity contribution in [2.45, 2.75) is 32.4 Å². The summed E-state index contributed by atoms with van der Waals surface area (Å²) in [7, 11) is -1.05. The molecule has 0 aliphatic heterocycles. The van der Waals surface area contributed by atoms with E-state index in [0.29, 0.717) is 18.1 Å². The van der Waals surface area contributed by atoms with Crippen molar-refractivity contribution < 1.29 is 9.53 Å². The fraction of sp³-hybridized carbons (Fsp3) is 0.462. The van der Waals surface area contributed by atoms with E-state index in [1.165, 1.54) is 0 Å². The Hall–Kier alpha value is -1.53. The topological polar surface area (TPSA) is 57.0 Å². The number of carbonyl (C=O) groups excluding carboxylic acids is 1. The maximum atomic E-state index is 10.6. The van der Waals surface area contributed by atoms with Crippen molar-refractivity contribution in [1.82, 2.24) is 14.5 Å². The molecule has 0 spiro atoms. The molecule has 0 aliphatic carbocycles. The molecule has 0 saturated heterocycles. The van der Waals surface area contributed by atoms with Crippen molar-refractivity contribution in [3.05, 3.63) is 24.2 Å². The van der Waals surface area contributed by atoms with E-state index in [2.05, 4.69) is 29.6 Å². The van der Waals surface area contributed by atoms with Crippen molar-refractivity contribution >= 4 is 25.5 Å². The number of ether oxygens (including phenoxy) is 1. The second-order valence-corrected chi connectivity index (χ2v) is 11.4. The fourth-order valence-corrected chi connectivity index (χ4v) is 2.43. The Morgan fingerprint density at radius 3 is 2.84 bits per heavy atom. The van der Waals surface area contributed by atoms with Gasteiger partial charge in [-0.05, 0) is 18.2 Å². The lowest BCUT2D eigenvalue weighted by atomic mass is 10.3. The van der Waals surface area contributed by atoms with Gasteiger partial charge in [0.25, 0.3) is 0 Å². The third-order valence-electron chi connectivity index (χ3n) is 2.85. The number of aldehydes is 1. The largest absolute Gasteiger partial charge is 0.361 e. The normalized spacial score (nSPS) is 11.9. The Morgan fingerprint density at radius 1 is 1.37 bits per heavy atom. The van der Waals surface area contributed by atoms with Crippen molar-refractivity contribution in [2.75, 3.05) is 6.61 Å². The standard InChI is InChI=1S/C13H19N3O2Si/c1-19(2,3)7-6-18-10-16-9-14-13-12(16)5-4-11(8-17)15-13/h4-5,8-9H,6-7,10H2,1-3H3. The first-order chi connectivity index (χ1) is 8.99. The summed E-state index contributed by atoms with van der Waals surface area (Å²) in [4.78, 5) is 19.0. The maximum absolute atomic E-state index is 10.6. The summed E-state index contributed by atoms with van der Waals surface area (Å²) in [6.07, 6.45) is 2.42. The molecule has 0 bridgehead atoms. The van der Waals surface area contributed by atoms with Gasteiger partial charge in [-0.3, -0.25) is 4.79 Å². The molecule has 19 heavy (non-hydrogen) atoms. The summed E-state index contributed by atoms with van der Waals surface area (Å²) >= 11 is 0. The van der Waals surface area contributed by atoms with E-state index in [1.54, 1.807) is 12.4 Å². The van der Waals surface area contributed by atoms with E-state index in [0.717, 1.165) is 24.5 Å². The first-order valence-electron chi connectivity index (χ1n) is 6.34. The zero-order valence-electron chi connectivity index (χ0n) is 11.6. The highest BCUT2D eigenvalue weighted by Crippen LogP contribution is 2.12. The van der Waals surface area contributed by atoms with E-state index in [-0.39, 0.29) is 0 Å². The molecule has 0 saturated carbocycles. The zero-order chi connectivity index (χ0) is 13.9. The van der Waals surface area contributed by atoms with Gasteiger partial charge < -0.3 is 9.30 Å². The molecule has 0 atom stereocenters. The van der Waals surface area contributed by atoms with Crippen LogP contribution in [-0.2, 0) is 11.5 Å². The molecule has 6 heteroatoms. The Balaban J connectivity index is 2.00. The van der Waals surface area contributed by atoms with Crippen LogP contribution in [0.2, 0.25) is 25.7 Å². The van der Waals surface area contributed by atoms with E-state index < -0.39 is 8.07 Å². The van der Waals surface area contributed by atoms with Crippen molar-refractivity contribution in [3.8, 4) is 0 Å². The maximum Gasteiger partial charge on any atom is 0.178 e. The van der Waals surface area contributed by atoms with Gasteiger partial charge in [0.15, 0.2) is 11.9 Å². The third kappa shape index (κ3) is 3.71. The van der Waals surface area contributed by atoms with Crippen molar-refractivity contribution in [2.24, 2.45) is 0 Å². The fourth-order valence-electron chi connectivity index (χ4n) is 1.67. The number of carbonyl (C=O) groups is 1. The number of hydrogen-bond acceptors (Lipinski definition) is 4. The first-order valence-corrected chi connectivity index (χ1v) is 10.1. The molecule has 0 amide bonds. The van der Waals surface area contributed by atoms with Crippen molar-refractivity contribution in [3.63, 3.8) is 0 Å². The van der Waals surface area contributed by atoms with Gasteiger partial charge in [-0.15, -0.1) is 0 Å². The molecule has 0 unspecified atom stereocenters. The summed E-state index contributed by atoms with van der Waals surface area (Å²) in [5.74, 6) is 0. The molecule has 0 aliphatic rings. The molecule has 0 N–H and O–H groups in total. The molecule has 2 rings (SSSR count). The van der Waals surface area contributed by atoms with Gasteiger partial charge in [0, 0.05) is 14.7 Å². The van der Waals surface area contributed by atoms with E-state index >= 15 is 0 Å². The van der Waals surface area contributed by atoms with Gasteiger partial charge in [-0.2, -0.15) is 0 Å². The lowest BCUT2D eigenvalue weighted by Crippen LogP contribution is -2.21. The summed E-state index contributed by atoms with van der Waals surface area (Å²) in [5.41, 5.74) is 1.87. The summed E-state index contributed by atoms with van der Waals surface area (Å²) in [6, 6.07) is 4.68. The van der Waals surface area contributed by atoms with Gasteiger partial charge in [0.05, 0.1) is 11.8 Å². The predicted molar refractivity (Wildman–Crippen MR) is 77.0 cm³/mol. The minimum Gasteiger partial charge on any atom is -0.361 e. The molecule has 2 aromatic heterocycles. The monoisotopic (exact) mass is 277 g/mol. The number of hydrogen-bond donors (Lipinski definition) is 0. The van der Waals surface area contributed by atoms with Crippen LogP contribution < -0.4 is 0 Å². The third-order valence-corrected chi connectivity index (χ3v) is 4.56. The SMILES string of the molecule is C[Si](C)(C)CCOCn1cnc2nc(C=O)ccc21. The lowest BCUT2D eigenvalue weighted by molar-refractivity contribution is 0.0898. The lowest BCUT2D eigenvalue weighted by Gasteiger charge is -2.15. The second kappa shape index (κ2) is 5.62.